The first-order valence-corrected chi connectivity index (χ1v) is 6.81. The highest BCUT2D eigenvalue weighted by Gasteiger charge is 2.12. The molecule has 2 rings (SSSR count). The van der Waals surface area contributed by atoms with Gasteiger partial charge in [0, 0.05) is 12.6 Å². The lowest BCUT2D eigenvalue weighted by Crippen LogP contribution is -2.29. The molecule has 0 spiro atoms. The lowest BCUT2D eigenvalue weighted by Gasteiger charge is -2.18. The molecule has 0 radical (unpaired) electrons. The highest BCUT2D eigenvalue weighted by atomic mass is 19.1. The van der Waals surface area contributed by atoms with Crippen molar-refractivity contribution >= 4 is 12.0 Å². The molecule has 0 unspecified atom stereocenters. The molecule has 112 valence electrons. The molecule has 0 saturated heterocycles. The highest BCUT2D eigenvalue weighted by molar-refractivity contribution is 5.91. The third-order valence-corrected chi connectivity index (χ3v) is 3.00. The van der Waals surface area contributed by atoms with Crippen molar-refractivity contribution in [3.8, 4) is 6.07 Å². The van der Waals surface area contributed by atoms with Crippen LogP contribution in [0, 0.1) is 17.1 Å². The Hall–Kier alpha value is -2.87. The Labute approximate surface area is 128 Å². The van der Waals surface area contributed by atoms with E-state index in [0.29, 0.717) is 24.4 Å². The van der Waals surface area contributed by atoms with Gasteiger partial charge in [0.15, 0.2) is 0 Å². The van der Waals surface area contributed by atoms with Crippen molar-refractivity contribution < 1.29 is 13.6 Å². The van der Waals surface area contributed by atoms with Crippen LogP contribution in [-0.2, 0) is 11.3 Å². The maximum atomic E-state index is 13.1. The smallest absolute Gasteiger partial charge is 0.247 e. The Morgan fingerprint density at radius 1 is 1.36 bits per heavy atom. The average Bonchev–Trinajstić information content (AvgIpc) is 3.02. The van der Waals surface area contributed by atoms with Gasteiger partial charge in [-0.1, -0.05) is 12.1 Å². The summed E-state index contributed by atoms with van der Waals surface area (Å²) in [7, 11) is 0. The van der Waals surface area contributed by atoms with E-state index in [2.05, 4.69) is 0 Å². The summed E-state index contributed by atoms with van der Waals surface area (Å²) >= 11 is 0. The lowest BCUT2D eigenvalue weighted by atomic mass is 10.2. The average molecular weight is 298 g/mol. The molecule has 2 aromatic rings. The molecule has 0 fully saturated rings. The minimum Gasteiger partial charge on any atom is -0.467 e. The summed E-state index contributed by atoms with van der Waals surface area (Å²) in [5.74, 6) is 0.0351. The molecule has 0 bridgehead atoms. The van der Waals surface area contributed by atoms with Crippen LogP contribution in [0.4, 0.5) is 4.39 Å². The molecule has 0 aliphatic carbocycles. The van der Waals surface area contributed by atoms with Gasteiger partial charge < -0.3 is 9.32 Å². The van der Waals surface area contributed by atoms with Crippen LogP contribution in [0.3, 0.4) is 0 Å². The van der Waals surface area contributed by atoms with Gasteiger partial charge in [-0.05, 0) is 35.9 Å². The van der Waals surface area contributed by atoms with Gasteiger partial charge in [0.1, 0.15) is 11.6 Å². The van der Waals surface area contributed by atoms with E-state index in [1.54, 1.807) is 30.3 Å². The number of hydrogen-bond acceptors (Lipinski definition) is 3. The highest BCUT2D eigenvalue weighted by Crippen LogP contribution is 2.09. The van der Waals surface area contributed by atoms with Crippen molar-refractivity contribution in [2.45, 2.75) is 13.0 Å². The van der Waals surface area contributed by atoms with Gasteiger partial charge in [-0.3, -0.25) is 4.79 Å². The maximum absolute atomic E-state index is 13.1. The molecule has 4 nitrogen and oxygen atoms in total. The number of carbonyl (C=O) groups excluding carboxylic acids is 1. The first-order valence-electron chi connectivity index (χ1n) is 6.81. The van der Waals surface area contributed by atoms with E-state index in [-0.39, 0.29) is 18.1 Å². The van der Waals surface area contributed by atoms with E-state index in [0.717, 1.165) is 0 Å². The number of nitrogens with zero attached hydrogens (tertiary/aromatic N) is 2. The van der Waals surface area contributed by atoms with Crippen LogP contribution in [0.25, 0.3) is 6.08 Å². The van der Waals surface area contributed by atoms with Crippen LogP contribution in [0.2, 0.25) is 0 Å². The van der Waals surface area contributed by atoms with Gasteiger partial charge >= 0.3 is 0 Å². The molecule has 0 aliphatic heterocycles. The molecule has 1 aromatic carbocycles. The number of nitriles is 1. The largest absolute Gasteiger partial charge is 0.467 e. The Morgan fingerprint density at radius 3 is 2.91 bits per heavy atom. The van der Waals surface area contributed by atoms with E-state index in [9.17, 15) is 9.18 Å². The summed E-state index contributed by atoms with van der Waals surface area (Å²) < 4.78 is 18.3. The van der Waals surface area contributed by atoms with Gasteiger partial charge in [0.2, 0.25) is 5.91 Å². The number of furan rings is 1. The minimum atomic E-state index is -0.355. The van der Waals surface area contributed by atoms with E-state index in [1.165, 1.54) is 29.4 Å². The summed E-state index contributed by atoms with van der Waals surface area (Å²) in [5, 5.41) is 8.69. The summed E-state index contributed by atoms with van der Waals surface area (Å²) in [4.78, 5) is 13.7. The Bertz CT molecular complexity index is 687. The zero-order chi connectivity index (χ0) is 15.8. The first kappa shape index (κ1) is 15.5. The number of rotatable bonds is 6. The molecule has 0 atom stereocenters. The number of benzene rings is 1. The predicted molar refractivity (Wildman–Crippen MR) is 79.8 cm³/mol. The van der Waals surface area contributed by atoms with Gasteiger partial charge in [-0.15, -0.1) is 0 Å². The number of hydrogen-bond donors (Lipinski definition) is 0. The molecule has 22 heavy (non-hydrogen) atoms. The summed E-state index contributed by atoms with van der Waals surface area (Å²) in [5.41, 5.74) is 0.603. The fraction of sp³-hybridized carbons (Fsp3) is 0.176. The molecule has 5 heteroatoms. The Balaban J connectivity index is 2.06. The second-order valence-electron chi connectivity index (χ2n) is 4.64. The van der Waals surface area contributed by atoms with E-state index in [4.69, 9.17) is 9.68 Å². The SMILES string of the molecule is N#CCCN(Cc1ccco1)C(=O)/C=C/c1cccc(F)c1. The zero-order valence-electron chi connectivity index (χ0n) is 11.9. The standard InChI is InChI=1S/C17H15FN2O2/c18-15-5-1-4-14(12-15)7-8-17(21)20(10-3-9-19)13-16-6-2-11-22-16/h1-2,4-8,11-12H,3,10,13H2/b8-7+. The number of carbonyl (C=O) groups is 1. The maximum Gasteiger partial charge on any atom is 0.247 e. The van der Waals surface area contributed by atoms with Crippen LogP contribution in [0.15, 0.2) is 53.2 Å². The molecule has 1 aromatic heterocycles. The van der Waals surface area contributed by atoms with Crippen molar-refractivity contribution in [3.63, 3.8) is 0 Å². The van der Waals surface area contributed by atoms with E-state index >= 15 is 0 Å². The third-order valence-electron chi connectivity index (χ3n) is 3.00. The van der Waals surface area contributed by atoms with Crippen LogP contribution in [-0.4, -0.2) is 17.4 Å². The van der Waals surface area contributed by atoms with Gasteiger partial charge in [0.25, 0.3) is 0 Å². The number of halogens is 1. The fourth-order valence-electron chi connectivity index (χ4n) is 1.93. The van der Waals surface area contributed by atoms with Gasteiger partial charge in [-0.25, -0.2) is 4.39 Å². The van der Waals surface area contributed by atoms with Crippen LogP contribution in [0.1, 0.15) is 17.7 Å². The predicted octanol–water partition coefficient (Wildman–Crippen LogP) is 3.37. The van der Waals surface area contributed by atoms with Crippen LogP contribution >= 0.6 is 0 Å². The van der Waals surface area contributed by atoms with E-state index < -0.39 is 0 Å². The topological polar surface area (TPSA) is 57.2 Å². The molecule has 0 aliphatic rings. The van der Waals surface area contributed by atoms with Crippen LogP contribution < -0.4 is 0 Å². The quantitative estimate of drug-likeness (QED) is 0.768. The molecule has 0 N–H and O–H groups in total. The van der Waals surface area contributed by atoms with Crippen molar-refractivity contribution in [2.24, 2.45) is 0 Å². The second kappa shape index (κ2) is 7.79. The first-order chi connectivity index (χ1) is 10.7. The molecule has 1 heterocycles. The fourth-order valence-corrected chi connectivity index (χ4v) is 1.93. The molecule has 1 amide bonds. The van der Waals surface area contributed by atoms with Gasteiger partial charge in [0.05, 0.1) is 25.3 Å². The minimum absolute atomic E-state index is 0.236. The zero-order valence-corrected chi connectivity index (χ0v) is 11.9. The second-order valence-corrected chi connectivity index (χ2v) is 4.64. The third kappa shape index (κ3) is 4.60. The Morgan fingerprint density at radius 2 is 2.23 bits per heavy atom. The molecule has 0 saturated carbocycles. The van der Waals surface area contributed by atoms with Gasteiger partial charge in [-0.2, -0.15) is 5.26 Å². The normalized spacial score (nSPS) is 10.5. The number of amides is 1. The summed E-state index contributed by atoms with van der Waals surface area (Å²) in [6.07, 6.45) is 4.69. The molecular weight excluding hydrogens is 283 g/mol. The van der Waals surface area contributed by atoms with Crippen molar-refractivity contribution in [2.75, 3.05) is 6.54 Å². The molecular formula is C17H15FN2O2. The van der Waals surface area contributed by atoms with Crippen LogP contribution in [0.5, 0.6) is 0 Å². The summed E-state index contributed by atoms with van der Waals surface area (Å²) in [6, 6.07) is 11.5. The summed E-state index contributed by atoms with van der Waals surface area (Å²) in [6.45, 7) is 0.602. The van der Waals surface area contributed by atoms with Crippen molar-refractivity contribution in [1.29, 1.82) is 5.26 Å². The monoisotopic (exact) mass is 298 g/mol. The van der Waals surface area contributed by atoms with Crippen molar-refractivity contribution in [1.82, 2.24) is 4.90 Å². The lowest BCUT2D eigenvalue weighted by molar-refractivity contribution is -0.126. The Kier molecular flexibility index (Phi) is 5.50. The van der Waals surface area contributed by atoms with E-state index in [1.807, 2.05) is 6.07 Å². The van der Waals surface area contributed by atoms with Crippen molar-refractivity contribution in [3.05, 3.63) is 65.9 Å².